The Morgan fingerprint density at radius 1 is 1.39 bits per heavy atom. The fourth-order valence-electron chi connectivity index (χ4n) is 2.99. The van der Waals surface area contributed by atoms with Crippen LogP contribution in [0.5, 0.6) is 0 Å². The molecule has 0 aromatic rings. The molecule has 18 heavy (non-hydrogen) atoms. The minimum absolute atomic E-state index is 0.199. The summed E-state index contributed by atoms with van der Waals surface area (Å²) in [5, 5.41) is 0.611. The molecule has 3 unspecified atom stereocenters. The zero-order chi connectivity index (χ0) is 13.1. The lowest BCUT2D eigenvalue weighted by atomic mass is 9.85. The van der Waals surface area contributed by atoms with Crippen molar-refractivity contribution in [1.29, 1.82) is 0 Å². The number of hydrogen-bond acceptors (Lipinski definition) is 3. The predicted octanol–water partition coefficient (Wildman–Crippen LogP) is 2.10. The van der Waals surface area contributed by atoms with Gasteiger partial charge in [-0.3, -0.25) is 4.79 Å². The van der Waals surface area contributed by atoms with Crippen LogP contribution in [0.15, 0.2) is 0 Å². The first-order chi connectivity index (χ1) is 8.58. The number of carbonyl (C=O) groups is 1. The first kappa shape index (κ1) is 14.2. The molecule has 3 nitrogen and oxygen atoms in total. The Morgan fingerprint density at radius 3 is 2.83 bits per heavy atom. The summed E-state index contributed by atoms with van der Waals surface area (Å²) >= 11 is 2.02. The maximum Gasteiger partial charge on any atom is 0.225 e. The lowest BCUT2D eigenvalue weighted by Gasteiger charge is -2.37. The molecule has 2 fully saturated rings. The second-order valence-corrected chi connectivity index (χ2v) is 7.41. The molecule has 0 spiro atoms. The Labute approximate surface area is 115 Å². The molecule has 0 aromatic carbocycles. The third kappa shape index (κ3) is 3.41. The van der Waals surface area contributed by atoms with E-state index in [1.807, 2.05) is 11.8 Å². The van der Waals surface area contributed by atoms with Crippen molar-refractivity contribution >= 4 is 17.7 Å². The summed E-state index contributed by atoms with van der Waals surface area (Å²) in [6.07, 6.45) is 4.15. The van der Waals surface area contributed by atoms with Gasteiger partial charge in [-0.25, -0.2) is 0 Å². The van der Waals surface area contributed by atoms with Crippen LogP contribution in [-0.4, -0.2) is 40.9 Å². The van der Waals surface area contributed by atoms with E-state index in [1.54, 1.807) is 0 Å². The highest BCUT2D eigenvalue weighted by atomic mass is 32.2. The third-order valence-corrected chi connectivity index (χ3v) is 5.75. The van der Waals surface area contributed by atoms with Gasteiger partial charge in [0.25, 0.3) is 0 Å². The lowest BCUT2D eigenvalue weighted by Crippen LogP contribution is -2.47. The summed E-state index contributed by atoms with van der Waals surface area (Å²) in [7, 11) is 0. The second-order valence-electron chi connectivity index (χ2n) is 6.06. The van der Waals surface area contributed by atoms with Gasteiger partial charge in [-0.1, -0.05) is 20.3 Å². The predicted molar refractivity (Wildman–Crippen MR) is 77.6 cm³/mol. The smallest absolute Gasteiger partial charge is 0.225 e. The van der Waals surface area contributed by atoms with Gasteiger partial charge in [0.05, 0.1) is 0 Å². The Balaban J connectivity index is 1.91. The van der Waals surface area contributed by atoms with Crippen LogP contribution in [0.25, 0.3) is 0 Å². The number of amides is 1. The molecule has 0 aromatic heterocycles. The summed E-state index contributed by atoms with van der Waals surface area (Å²) in [6.45, 7) is 6.37. The standard InChI is InChI=1S/C14H26N2OS/c1-10(2)13-9-16(6-7-18-13)14(17)11-4-3-5-12(15)8-11/h10-13H,3-9,15H2,1-2H3. The van der Waals surface area contributed by atoms with E-state index in [9.17, 15) is 4.79 Å². The van der Waals surface area contributed by atoms with Crippen molar-refractivity contribution in [2.24, 2.45) is 17.6 Å². The fourth-order valence-corrected chi connectivity index (χ4v) is 4.29. The molecule has 1 saturated heterocycles. The Kier molecular flexibility index (Phi) is 4.96. The number of carbonyl (C=O) groups excluding carboxylic acids is 1. The maximum absolute atomic E-state index is 12.5. The summed E-state index contributed by atoms with van der Waals surface area (Å²) in [5.41, 5.74) is 5.99. The van der Waals surface area contributed by atoms with Crippen molar-refractivity contribution < 1.29 is 4.79 Å². The number of thioether (sulfide) groups is 1. The SMILES string of the molecule is CC(C)C1CN(C(=O)C2CCCC(N)C2)CCS1. The number of rotatable bonds is 2. The van der Waals surface area contributed by atoms with E-state index >= 15 is 0 Å². The topological polar surface area (TPSA) is 46.3 Å². The van der Waals surface area contributed by atoms with Gasteiger partial charge in [0, 0.05) is 36.1 Å². The molecule has 0 radical (unpaired) electrons. The molecule has 2 rings (SSSR count). The van der Waals surface area contributed by atoms with Gasteiger partial charge in [-0.05, 0) is 25.2 Å². The van der Waals surface area contributed by atoms with E-state index in [1.165, 1.54) is 0 Å². The number of nitrogens with zero attached hydrogens (tertiary/aromatic N) is 1. The number of nitrogens with two attached hydrogens (primary N) is 1. The van der Waals surface area contributed by atoms with Crippen LogP contribution in [0.1, 0.15) is 39.5 Å². The molecule has 1 amide bonds. The van der Waals surface area contributed by atoms with Crippen molar-refractivity contribution in [2.45, 2.75) is 50.8 Å². The second kappa shape index (κ2) is 6.29. The monoisotopic (exact) mass is 270 g/mol. The van der Waals surface area contributed by atoms with Crippen LogP contribution in [0.3, 0.4) is 0 Å². The van der Waals surface area contributed by atoms with Crippen LogP contribution >= 0.6 is 11.8 Å². The van der Waals surface area contributed by atoms with Crippen molar-refractivity contribution in [1.82, 2.24) is 4.90 Å². The van der Waals surface area contributed by atoms with Crippen molar-refractivity contribution in [3.63, 3.8) is 0 Å². The highest BCUT2D eigenvalue weighted by Gasteiger charge is 2.32. The molecular weight excluding hydrogens is 244 g/mol. The summed E-state index contributed by atoms with van der Waals surface area (Å²) in [4.78, 5) is 14.6. The average Bonchev–Trinajstić information content (AvgIpc) is 2.38. The quantitative estimate of drug-likeness (QED) is 0.836. The van der Waals surface area contributed by atoms with Crippen LogP contribution in [0, 0.1) is 11.8 Å². The molecule has 0 bridgehead atoms. The minimum atomic E-state index is 0.199. The Morgan fingerprint density at radius 2 is 2.17 bits per heavy atom. The zero-order valence-corrected chi connectivity index (χ0v) is 12.4. The van der Waals surface area contributed by atoms with Gasteiger partial charge in [0.2, 0.25) is 5.91 Å². The zero-order valence-electron chi connectivity index (χ0n) is 11.6. The van der Waals surface area contributed by atoms with Crippen LogP contribution in [-0.2, 0) is 4.79 Å². The summed E-state index contributed by atoms with van der Waals surface area (Å²) in [6, 6.07) is 0.243. The van der Waals surface area contributed by atoms with E-state index in [-0.39, 0.29) is 12.0 Å². The van der Waals surface area contributed by atoms with E-state index in [0.29, 0.717) is 17.1 Å². The van der Waals surface area contributed by atoms with E-state index in [4.69, 9.17) is 5.73 Å². The van der Waals surface area contributed by atoms with Crippen LogP contribution in [0.2, 0.25) is 0 Å². The third-order valence-electron chi connectivity index (χ3n) is 4.21. The fraction of sp³-hybridized carbons (Fsp3) is 0.929. The minimum Gasteiger partial charge on any atom is -0.341 e. The van der Waals surface area contributed by atoms with Crippen LogP contribution in [0.4, 0.5) is 0 Å². The van der Waals surface area contributed by atoms with Gasteiger partial charge in [-0.2, -0.15) is 11.8 Å². The van der Waals surface area contributed by atoms with Gasteiger partial charge < -0.3 is 10.6 Å². The number of hydrogen-bond donors (Lipinski definition) is 1. The normalized spacial score (nSPS) is 33.8. The maximum atomic E-state index is 12.5. The molecular formula is C14H26N2OS. The molecule has 3 atom stereocenters. The average molecular weight is 270 g/mol. The van der Waals surface area contributed by atoms with E-state index < -0.39 is 0 Å². The molecule has 1 saturated carbocycles. The largest absolute Gasteiger partial charge is 0.341 e. The van der Waals surface area contributed by atoms with Gasteiger partial charge in [0.15, 0.2) is 0 Å². The highest BCUT2D eigenvalue weighted by Crippen LogP contribution is 2.29. The Bertz CT molecular complexity index is 296. The van der Waals surface area contributed by atoms with Crippen molar-refractivity contribution in [3.05, 3.63) is 0 Å². The summed E-state index contributed by atoms with van der Waals surface area (Å²) in [5.74, 6) is 2.31. The molecule has 1 aliphatic carbocycles. The summed E-state index contributed by atoms with van der Waals surface area (Å²) < 4.78 is 0. The molecule has 104 valence electrons. The lowest BCUT2D eigenvalue weighted by molar-refractivity contribution is -0.136. The molecule has 2 aliphatic rings. The molecule has 4 heteroatoms. The van der Waals surface area contributed by atoms with Gasteiger partial charge >= 0.3 is 0 Å². The highest BCUT2D eigenvalue weighted by molar-refractivity contribution is 8.00. The molecule has 2 N–H and O–H groups in total. The van der Waals surface area contributed by atoms with Crippen molar-refractivity contribution in [2.75, 3.05) is 18.8 Å². The van der Waals surface area contributed by atoms with Gasteiger partial charge in [0.1, 0.15) is 0 Å². The van der Waals surface area contributed by atoms with Crippen molar-refractivity contribution in [3.8, 4) is 0 Å². The first-order valence-electron chi connectivity index (χ1n) is 7.24. The molecule has 1 aliphatic heterocycles. The van der Waals surface area contributed by atoms with E-state index in [2.05, 4.69) is 18.7 Å². The van der Waals surface area contributed by atoms with Crippen LogP contribution < -0.4 is 5.73 Å². The Hall–Kier alpha value is -0.220. The van der Waals surface area contributed by atoms with E-state index in [0.717, 1.165) is 44.5 Å². The first-order valence-corrected chi connectivity index (χ1v) is 8.28. The van der Waals surface area contributed by atoms with Gasteiger partial charge in [-0.15, -0.1) is 0 Å². The molecule has 1 heterocycles.